The van der Waals surface area contributed by atoms with E-state index in [0.29, 0.717) is 0 Å². The lowest BCUT2D eigenvalue weighted by atomic mass is 9.90. The van der Waals surface area contributed by atoms with Gasteiger partial charge < -0.3 is 10.1 Å². The number of nitrogens with one attached hydrogen (secondary N) is 1. The molecule has 0 bridgehead atoms. The van der Waals surface area contributed by atoms with Gasteiger partial charge in [0.2, 0.25) is 0 Å². The lowest BCUT2D eigenvalue weighted by Crippen LogP contribution is -2.26. The zero-order valence-corrected chi connectivity index (χ0v) is 8.36. The van der Waals surface area contributed by atoms with Gasteiger partial charge in [0, 0.05) is 31.0 Å². The van der Waals surface area contributed by atoms with Crippen molar-refractivity contribution in [3.8, 4) is 0 Å². The van der Waals surface area contributed by atoms with E-state index in [4.69, 9.17) is 4.74 Å². The summed E-state index contributed by atoms with van der Waals surface area (Å²) in [6, 6.07) is 0. The molecule has 1 fully saturated rings. The van der Waals surface area contributed by atoms with E-state index in [-0.39, 0.29) is 5.41 Å². The Morgan fingerprint density at radius 3 is 3.14 bits per heavy atom. The smallest absolute Gasteiger partial charge is 0.144 e. The number of hydrogen-bond acceptors (Lipinski definition) is 4. The van der Waals surface area contributed by atoms with Crippen LogP contribution in [0.1, 0.15) is 13.3 Å². The molecule has 0 radical (unpaired) electrons. The molecule has 2 heterocycles. The Hall–Kier alpha value is -1.16. The van der Waals surface area contributed by atoms with Crippen LogP contribution in [0.25, 0.3) is 0 Å². The van der Waals surface area contributed by atoms with E-state index < -0.39 is 0 Å². The fraction of sp³-hybridized carbons (Fsp3) is 0.600. The monoisotopic (exact) mass is 193 g/mol. The fourth-order valence-electron chi connectivity index (χ4n) is 1.54. The molecule has 4 heteroatoms. The standard InChI is InChI=1S/C10H15N3O/c1-10(2-5-14-8-10)7-13-9-6-11-3-4-12-9/h3-4,6H,2,5,7-8H2,1H3,(H,12,13). The Balaban J connectivity index is 1.88. The molecular formula is C10H15N3O. The summed E-state index contributed by atoms with van der Waals surface area (Å²) in [7, 11) is 0. The Morgan fingerprint density at radius 1 is 1.57 bits per heavy atom. The minimum atomic E-state index is 0.248. The Kier molecular flexibility index (Phi) is 2.63. The van der Waals surface area contributed by atoms with Crippen LogP contribution in [0.3, 0.4) is 0 Å². The average Bonchev–Trinajstić information content (AvgIpc) is 2.65. The van der Waals surface area contributed by atoms with Crippen molar-refractivity contribution in [1.82, 2.24) is 9.97 Å². The molecule has 0 aromatic carbocycles. The van der Waals surface area contributed by atoms with Crippen LogP contribution in [0.4, 0.5) is 5.82 Å². The van der Waals surface area contributed by atoms with Crippen molar-refractivity contribution in [2.45, 2.75) is 13.3 Å². The third-order valence-corrected chi connectivity index (χ3v) is 2.56. The average molecular weight is 193 g/mol. The van der Waals surface area contributed by atoms with E-state index in [0.717, 1.165) is 32.0 Å². The van der Waals surface area contributed by atoms with Gasteiger partial charge in [0.05, 0.1) is 12.8 Å². The molecule has 1 aromatic rings. The molecule has 1 unspecified atom stereocenters. The van der Waals surface area contributed by atoms with Gasteiger partial charge >= 0.3 is 0 Å². The summed E-state index contributed by atoms with van der Waals surface area (Å²) < 4.78 is 5.37. The predicted octanol–water partition coefficient (Wildman–Crippen LogP) is 1.32. The van der Waals surface area contributed by atoms with Gasteiger partial charge in [0.15, 0.2) is 0 Å². The van der Waals surface area contributed by atoms with Gasteiger partial charge in [-0.15, -0.1) is 0 Å². The van der Waals surface area contributed by atoms with Gasteiger partial charge in [-0.2, -0.15) is 0 Å². The highest BCUT2D eigenvalue weighted by Crippen LogP contribution is 2.27. The van der Waals surface area contributed by atoms with Gasteiger partial charge in [-0.1, -0.05) is 6.92 Å². The van der Waals surface area contributed by atoms with E-state index >= 15 is 0 Å². The Morgan fingerprint density at radius 2 is 2.50 bits per heavy atom. The molecule has 1 aromatic heterocycles. The fourth-order valence-corrected chi connectivity index (χ4v) is 1.54. The highest BCUT2D eigenvalue weighted by Gasteiger charge is 2.29. The van der Waals surface area contributed by atoms with Crippen LogP contribution in [0.2, 0.25) is 0 Å². The van der Waals surface area contributed by atoms with Crippen molar-refractivity contribution in [3.05, 3.63) is 18.6 Å². The molecule has 1 aliphatic heterocycles. The lowest BCUT2D eigenvalue weighted by Gasteiger charge is -2.21. The molecule has 1 atom stereocenters. The van der Waals surface area contributed by atoms with Crippen molar-refractivity contribution >= 4 is 5.82 Å². The Labute approximate surface area is 83.7 Å². The first-order valence-corrected chi connectivity index (χ1v) is 4.86. The number of nitrogens with zero attached hydrogens (tertiary/aromatic N) is 2. The quantitative estimate of drug-likeness (QED) is 0.786. The van der Waals surface area contributed by atoms with Crippen LogP contribution in [-0.4, -0.2) is 29.7 Å². The van der Waals surface area contributed by atoms with Gasteiger partial charge in [0.1, 0.15) is 5.82 Å². The van der Waals surface area contributed by atoms with E-state index in [2.05, 4.69) is 22.2 Å². The van der Waals surface area contributed by atoms with Crippen LogP contribution >= 0.6 is 0 Å². The molecule has 1 aliphatic rings. The number of ether oxygens (including phenoxy) is 1. The first-order valence-electron chi connectivity index (χ1n) is 4.86. The third-order valence-electron chi connectivity index (χ3n) is 2.56. The molecule has 14 heavy (non-hydrogen) atoms. The summed E-state index contributed by atoms with van der Waals surface area (Å²) in [5, 5.41) is 3.27. The largest absolute Gasteiger partial charge is 0.381 e. The van der Waals surface area contributed by atoms with E-state index in [1.54, 1.807) is 18.6 Å². The Bertz CT molecular complexity index is 283. The van der Waals surface area contributed by atoms with E-state index in [1.165, 1.54) is 0 Å². The number of hydrogen-bond donors (Lipinski definition) is 1. The molecule has 0 saturated carbocycles. The topological polar surface area (TPSA) is 47.0 Å². The van der Waals surface area contributed by atoms with E-state index in [1.807, 2.05) is 0 Å². The van der Waals surface area contributed by atoms with Crippen molar-refractivity contribution in [3.63, 3.8) is 0 Å². The summed E-state index contributed by atoms with van der Waals surface area (Å²) in [6.07, 6.45) is 6.21. The summed E-state index contributed by atoms with van der Waals surface area (Å²) in [4.78, 5) is 8.15. The number of anilines is 1. The minimum absolute atomic E-state index is 0.248. The molecule has 0 spiro atoms. The normalized spacial score (nSPS) is 26.4. The molecular weight excluding hydrogens is 178 g/mol. The second-order valence-corrected chi connectivity index (χ2v) is 4.06. The zero-order valence-electron chi connectivity index (χ0n) is 8.36. The first-order chi connectivity index (χ1) is 6.79. The van der Waals surface area contributed by atoms with Gasteiger partial charge in [-0.05, 0) is 6.42 Å². The van der Waals surface area contributed by atoms with Gasteiger partial charge in [-0.25, -0.2) is 4.98 Å². The molecule has 4 nitrogen and oxygen atoms in total. The van der Waals surface area contributed by atoms with Crippen LogP contribution < -0.4 is 5.32 Å². The van der Waals surface area contributed by atoms with Gasteiger partial charge in [-0.3, -0.25) is 4.98 Å². The molecule has 0 aliphatic carbocycles. The van der Waals surface area contributed by atoms with Crippen LogP contribution in [-0.2, 0) is 4.74 Å². The molecule has 0 amide bonds. The van der Waals surface area contributed by atoms with Crippen molar-refractivity contribution in [2.24, 2.45) is 5.41 Å². The zero-order chi connectivity index (χ0) is 9.86. The second kappa shape index (κ2) is 3.92. The highest BCUT2D eigenvalue weighted by molar-refractivity contribution is 5.30. The summed E-state index contributed by atoms with van der Waals surface area (Å²) in [5.41, 5.74) is 0.248. The second-order valence-electron chi connectivity index (χ2n) is 4.06. The summed E-state index contributed by atoms with van der Waals surface area (Å²) >= 11 is 0. The van der Waals surface area contributed by atoms with Crippen molar-refractivity contribution in [2.75, 3.05) is 25.1 Å². The lowest BCUT2D eigenvalue weighted by molar-refractivity contribution is 0.164. The van der Waals surface area contributed by atoms with Gasteiger partial charge in [0.25, 0.3) is 0 Å². The minimum Gasteiger partial charge on any atom is -0.381 e. The first kappa shape index (κ1) is 9.40. The van der Waals surface area contributed by atoms with Crippen LogP contribution in [0.15, 0.2) is 18.6 Å². The molecule has 76 valence electrons. The maximum absolute atomic E-state index is 5.37. The number of aromatic nitrogens is 2. The molecule has 2 rings (SSSR count). The molecule has 1 N–H and O–H groups in total. The SMILES string of the molecule is CC1(CNc2cnccn2)CCOC1. The van der Waals surface area contributed by atoms with Crippen LogP contribution in [0.5, 0.6) is 0 Å². The third kappa shape index (κ3) is 2.20. The summed E-state index contributed by atoms with van der Waals surface area (Å²) in [6.45, 7) is 4.83. The summed E-state index contributed by atoms with van der Waals surface area (Å²) in [5.74, 6) is 0.834. The van der Waals surface area contributed by atoms with Crippen LogP contribution in [0, 0.1) is 5.41 Å². The maximum atomic E-state index is 5.37. The van der Waals surface area contributed by atoms with Crippen molar-refractivity contribution < 1.29 is 4.74 Å². The van der Waals surface area contributed by atoms with E-state index in [9.17, 15) is 0 Å². The maximum Gasteiger partial charge on any atom is 0.144 e. The number of rotatable bonds is 3. The molecule has 1 saturated heterocycles. The highest BCUT2D eigenvalue weighted by atomic mass is 16.5. The van der Waals surface area contributed by atoms with Crippen molar-refractivity contribution in [1.29, 1.82) is 0 Å². The predicted molar refractivity (Wildman–Crippen MR) is 54.1 cm³/mol.